The summed E-state index contributed by atoms with van der Waals surface area (Å²) in [6.45, 7) is 0. The Kier molecular flexibility index (Phi) is 5.64. The molecule has 1 aromatic rings. The van der Waals surface area contributed by atoms with Crippen molar-refractivity contribution in [3.8, 4) is 0 Å². The molecule has 1 N–H and O–H groups in total. The van der Waals surface area contributed by atoms with Gasteiger partial charge in [0, 0.05) is 6.07 Å². The second kappa shape index (κ2) is 5.63. The molecule has 11 heavy (non-hydrogen) atoms. The summed E-state index contributed by atoms with van der Waals surface area (Å²) in [5.74, 6) is -0.400. The van der Waals surface area contributed by atoms with Crippen LogP contribution in [0.25, 0.3) is 0 Å². The van der Waals surface area contributed by atoms with Crippen molar-refractivity contribution >= 4 is 29.0 Å². The van der Waals surface area contributed by atoms with Gasteiger partial charge >= 0.3 is 5.97 Å². The van der Waals surface area contributed by atoms with E-state index in [1.807, 2.05) is 0 Å². The van der Waals surface area contributed by atoms with Gasteiger partial charge in [-0.15, -0.1) is 0 Å². The average molecular weight is 378 g/mol. The Labute approximate surface area is 94.5 Å². The van der Waals surface area contributed by atoms with Gasteiger partial charge in [0.1, 0.15) is 6.20 Å². The molecule has 1 rings (SSSR count). The predicted octanol–water partition coefficient (Wildman–Crippen LogP) is -2.59. The molecule has 0 aliphatic rings. The largest absolute Gasteiger partial charge is 1.00 e. The number of aromatic nitrogens is 2. The average Bonchev–Trinajstić information content (AvgIpc) is 2.05. The van der Waals surface area contributed by atoms with Gasteiger partial charge in [-0.3, -0.25) is 0 Å². The van der Waals surface area contributed by atoms with E-state index in [9.17, 15) is 4.79 Å². The van der Waals surface area contributed by atoms with Crippen LogP contribution in [0.2, 0.25) is 0 Å². The molecule has 0 unspecified atom stereocenters. The molecular weight excluding hydrogens is 374 g/mol. The first-order valence-electron chi connectivity index (χ1n) is 2.49. The van der Waals surface area contributed by atoms with Crippen LogP contribution in [0.3, 0.4) is 0 Å². The van der Waals surface area contributed by atoms with Crippen LogP contribution in [-0.2, 0) is 3.07 Å². The number of hydrogen-bond acceptors (Lipinski definition) is 3. The predicted molar refractivity (Wildman–Crippen MR) is 40.2 cm³/mol. The second-order valence-corrected chi connectivity index (χ2v) is 1.96. The quantitative estimate of drug-likeness (QED) is 0.505. The number of hydrogen-bond donors (Lipinski definition) is 0. The number of carbonyl (C=O) groups excluding carboxylic acids is 1. The first kappa shape index (κ1) is 11.0. The molecule has 6 heteroatoms. The Morgan fingerprint density at radius 3 is 2.91 bits per heavy atom. The van der Waals surface area contributed by atoms with E-state index in [0.717, 1.165) is 0 Å². The molecule has 0 aliphatic heterocycles. The maximum absolute atomic E-state index is 10.7. The van der Waals surface area contributed by atoms with Crippen molar-refractivity contribution in [2.45, 2.75) is 0 Å². The summed E-state index contributed by atoms with van der Waals surface area (Å²) < 4.78 is 4.41. The van der Waals surface area contributed by atoms with Gasteiger partial charge in [0.15, 0.2) is 23.0 Å². The van der Waals surface area contributed by atoms with Crippen LogP contribution in [0, 0.1) is 0 Å². The molecule has 60 valence electrons. The highest BCUT2D eigenvalue weighted by molar-refractivity contribution is 14.1. The SMILES string of the molecule is O=C(OI)c1ccnc[nH+]1.[I-]. The van der Waals surface area contributed by atoms with Crippen LogP contribution < -0.4 is 29.0 Å². The Balaban J connectivity index is 0.000001000. The van der Waals surface area contributed by atoms with Gasteiger partial charge in [-0.1, -0.05) is 4.98 Å². The highest BCUT2D eigenvalue weighted by Crippen LogP contribution is 1.94. The molecule has 0 aliphatic carbocycles. The minimum absolute atomic E-state index is 0. The monoisotopic (exact) mass is 378 g/mol. The van der Waals surface area contributed by atoms with Gasteiger partial charge in [-0.2, -0.15) is 0 Å². The van der Waals surface area contributed by atoms with Crippen molar-refractivity contribution in [2.75, 3.05) is 0 Å². The molecule has 0 radical (unpaired) electrons. The fraction of sp³-hybridized carbons (Fsp3) is 0. The fourth-order valence-electron chi connectivity index (χ4n) is 0.484. The number of aromatic amines is 1. The fourth-order valence-corrected chi connectivity index (χ4v) is 0.721. The third-order valence-corrected chi connectivity index (χ3v) is 1.31. The summed E-state index contributed by atoms with van der Waals surface area (Å²) in [5, 5.41) is 0. The standard InChI is InChI=1S/C5H3IN2O2.HI/c6-10-5(9)4-1-2-7-3-8-4;/h1-3H;1H. The van der Waals surface area contributed by atoms with Crippen LogP contribution in [0.1, 0.15) is 10.5 Å². The van der Waals surface area contributed by atoms with E-state index in [2.05, 4.69) is 13.0 Å². The molecule has 1 aromatic heterocycles. The van der Waals surface area contributed by atoms with Crippen LogP contribution in [0.5, 0.6) is 0 Å². The minimum atomic E-state index is -0.400. The first-order chi connectivity index (χ1) is 4.84. The molecule has 0 atom stereocenters. The van der Waals surface area contributed by atoms with Crippen LogP contribution >= 0.6 is 23.0 Å². The molecule has 0 bridgehead atoms. The van der Waals surface area contributed by atoms with Crippen molar-refractivity contribution in [2.24, 2.45) is 0 Å². The summed E-state index contributed by atoms with van der Waals surface area (Å²) in [6.07, 6.45) is 2.93. The first-order valence-corrected chi connectivity index (χ1v) is 3.37. The third-order valence-electron chi connectivity index (χ3n) is 0.912. The number of nitrogens with one attached hydrogen (secondary N) is 1. The van der Waals surface area contributed by atoms with Gasteiger partial charge in [-0.25, -0.2) is 9.78 Å². The van der Waals surface area contributed by atoms with E-state index in [1.165, 1.54) is 35.5 Å². The lowest BCUT2D eigenvalue weighted by Crippen LogP contribution is -3.00. The van der Waals surface area contributed by atoms with Crippen molar-refractivity contribution in [1.82, 2.24) is 4.98 Å². The van der Waals surface area contributed by atoms with Crippen LogP contribution in [0.15, 0.2) is 18.6 Å². The molecular formula is C5H4I2N2O2. The molecule has 0 aromatic carbocycles. The molecule has 0 fully saturated rings. The molecule has 4 nitrogen and oxygen atoms in total. The zero-order valence-corrected chi connectivity index (χ0v) is 9.57. The summed E-state index contributed by atoms with van der Waals surface area (Å²) >= 11 is 1.53. The number of nitrogens with zero attached hydrogens (tertiary/aromatic N) is 1. The number of H-pyrrole nitrogens is 1. The van der Waals surface area contributed by atoms with Gasteiger partial charge in [0.25, 0.3) is 6.33 Å². The Hall–Kier alpha value is 0.0100. The molecule has 0 saturated carbocycles. The van der Waals surface area contributed by atoms with E-state index in [-0.39, 0.29) is 24.0 Å². The Morgan fingerprint density at radius 1 is 1.73 bits per heavy atom. The smallest absolute Gasteiger partial charge is 0.387 e. The molecule has 1 heterocycles. The zero-order chi connectivity index (χ0) is 7.40. The van der Waals surface area contributed by atoms with Gasteiger partial charge in [-0.05, 0) is 0 Å². The lowest BCUT2D eigenvalue weighted by Gasteiger charge is -1.87. The normalized spacial score (nSPS) is 8.09. The van der Waals surface area contributed by atoms with Gasteiger partial charge < -0.3 is 27.0 Å². The summed E-state index contributed by atoms with van der Waals surface area (Å²) in [5.41, 5.74) is 0.393. The summed E-state index contributed by atoms with van der Waals surface area (Å²) in [7, 11) is 0. The summed E-state index contributed by atoms with van der Waals surface area (Å²) in [4.78, 5) is 17.0. The minimum Gasteiger partial charge on any atom is -1.00 e. The van der Waals surface area contributed by atoms with Crippen molar-refractivity contribution in [1.29, 1.82) is 0 Å². The van der Waals surface area contributed by atoms with E-state index in [4.69, 9.17) is 0 Å². The van der Waals surface area contributed by atoms with Crippen LogP contribution in [-0.4, -0.2) is 11.0 Å². The number of rotatable bonds is 1. The van der Waals surface area contributed by atoms with E-state index < -0.39 is 5.97 Å². The summed E-state index contributed by atoms with van der Waals surface area (Å²) in [6, 6.07) is 1.54. The number of halogens is 2. The van der Waals surface area contributed by atoms with Gasteiger partial charge in [0.05, 0.1) is 0 Å². The van der Waals surface area contributed by atoms with E-state index in [1.54, 1.807) is 6.07 Å². The third kappa shape index (κ3) is 3.27. The van der Waals surface area contributed by atoms with Crippen molar-refractivity contribution < 1.29 is 36.8 Å². The van der Waals surface area contributed by atoms with E-state index >= 15 is 0 Å². The Morgan fingerprint density at radius 2 is 2.45 bits per heavy atom. The lowest BCUT2D eigenvalue weighted by atomic mass is 10.4. The van der Waals surface area contributed by atoms with E-state index in [0.29, 0.717) is 5.69 Å². The number of carbonyl (C=O) groups is 1. The maximum Gasteiger partial charge on any atom is 0.387 e. The Bertz CT molecular complexity index is 229. The molecule has 0 spiro atoms. The lowest BCUT2D eigenvalue weighted by molar-refractivity contribution is -0.387. The van der Waals surface area contributed by atoms with Crippen LogP contribution in [0.4, 0.5) is 0 Å². The molecule has 0 saturated heterocycles. The maximum atomic E-state index is 10.7. The highest BCUT2D eigenvalue weighted by atomic mass is 127. The van der Waals surface area contributed by atoms with Gasteiger partial charge in [0.2, 0.25) is 5.69 Å². The van der Waals surface area contributed by atoms with Crippen molar-refractivity contribution in [3.63, 3.8) is 0 Å². The highest BCUT2D eigenvalue weighted by Gasteiger charge is 2.08. The second-order valence-electron chi connectivity index (χ2n) is 1.52. The zero-order valence-electron chi connectivity index (χ0n) is 5.25. The topological polar surface area (TPSA) is 53.3 Å². The van der Waals surface area contributed by atoms with Crippen molar-refractivity contribution in [3.05, 3.63) is 24.3 Å². The molecule has 0 amide bonds.